The molecule has 1 amide bonds. The first kappa shape index (κ1) is 14.9. The Morgan fingerprint density at radius 1 is 1.25 bits per heavy atom. The molecule has 2 nitrogen and oxygen atoms in total. The molecule has 0 fully saturated rings. The fraction of sp³-hybridized carbons (Fsp3) is 0.133. The molecular weight excluding hydrogens is 297 g/mol. The van der Waals surface area contributed by atoms with Gasteiger partial charge in [0, 0.05) is 17.1 Å². The predicted octanol–water partition coefficient (Wildman–Crippen LogP) is 4.43. The standard InChI is InChI=1S/C15H13ClFNOS/c1-2-18(11-5-3-10(17)4-6-11)15(19)13-9-12(20)7-8-14(13)16/h3-9,20H,2H2,1H3. The number of anilines is 1. The van der Waals surface area contributed by atoms with Gasteiger partial charge in [-0.3, -0.25) is 4.79 Å². The Kier molecular flexibility index (Phi) is 4.68. The number of hydrogen-bond donors (Lipinski definition) is 1. The minimum absolute atomic E-state index is 0.236. The van der Waals surface area contributed by atoms with Gasteiger partial charge in [0.2, 0.25) is 0 Å². The van der Waals surface area contributed by atoms with Crippen LogP contribution in [0.25, 0.3) is 0 Å². The van der Waals surface area contributed by atoms with Crippen LogP contribution in [0.2, 0.25) is 5.02 Å². The van der Waals surface area contributed by atoms with Crippen molar-refractivity contribution >= 4 is 35.8 Å². The van der Waals surface area contributed by atoms with Crippen molar-refractivity contribution in [1.29, 1.82) is 0 Å². The number of benzene rings is 2. The van der Waals surface area contributed by atoms with Gasteiger partial charge in [0.25, 0.3) is 5.91 Å². The maximum Gasteiger partial charge on any atom is 0.259 e. The van der Waals surface area contributed by atoms with Crippen LogP contribution in [-0.4, -0.2) is 12.5 Å². The van der Waals surface area contributed by atoms with Crippen molar-refractivity contribution < 1.29 is 9.18 Å². The van der Waals surface area contributed by atoms with Crippen molar-refractivity contribution in [2.24, 2.45) is 0 Å². The number of nitrogens with zero attached hydrogens (tertiary/aromatic N) is 1. The summed E-state index contributed by atoms with van der Waals surface area (Å²) in [5.74, 6) is -0.576. The van der Waals surface area contributed by atoms with E-state index in [0.717, 1.165) is 0 Å². The molecule has 0 aliphatic carbocycles. The highest BCUT2D eigenvalue weighted by atomic mass is 35.5. The van der Waals surface area contributed by atoms with Gasteiger partial charge in [0.1, 0.15) is 5.82 Å². The second-order valence-electron chi connectivity index (χ2n) is 4.19. The highest BCUT2D eigenvalue weighted by molar-refractivity contribution is 7.80. The number of halogens is 2. The molecule has 5 heteroatoms. The summed E-state index contributed by atoms with van der Waals surface area (Å²) >= 11 is 10.3. The van der Waals surface area contributed by atoms with E-state index in [-0.39, 0.29) is 11.7 Å². The molecule has 0 saturated carbocycles. The van der Waals surface area contributed by atoms with Crippen molar-refractivity contribution in [2.45, 2.75) is 11.8 Å². The molecule has 2 aromatic carbocycles. The molecular formula is C15H13ClFNOS. The van der Waals surface area contributed by atoms with E-state index in [1.165, 1.54) is 17.0 Å². The van der Waals surface area contributed by atoms with Gasteiger partial charge in [-0.15, -0.1) is 12.6 Å². The average Bonchev–Trinajstić information content (AvgIpc) is 2.44. The van der Waals surface area contributed by atoms with Crippen molar-refractivity contribution in [2.75, 3.05) is 11.4 Å². The van der Waals surface area contributed by atoms with Gasteiger partial charge in [-0.05, 0) is 49.4 Å². The summed E-state index contributed by atoms with van der Waals surface area (Å²) in [7, 11) is 0. The molecule has 0 radical (unpaired) electrons. The summed E-state index contributed by atoms with van der Waals surface area (Å²) in [6.45, 7) is 2.30. The number of rotatable bonds is 3. The molecule has 0 saturated heterocycles. The molecule has 20 heavy (non-hydrogen) atoms. The molecule has 0 aromatic heterocycles. The van der Waals surface area contributed by atoms with Crippen molar-refractivity contribution in [3.05, 3.63) is 58.9 Å². The number of carbonyl (C=O) groups is 1. The molecule has 0 N–H and O–H groups in total. The largest absolute Gasteiger partial charge is 0.309 e. The Morgan fingerprint density at radius 2 is 1.90 bits per heavy atom. The van der Waals surface area contributed by atoms with E-state index < -0.39 is 0 Å². The minimum atomic E-state index is -0.340. The van der Waals surface area contributed by atoms with Gasteiger partial charge in [-0.25, -0.2) is 4.39 Å². The van der Waals surface area contributed by atoms with E-state index in [1.807, 2.05) is 6.92 Å². The van der Waals surface area contributed by atoms with E-state index in [0.29, 0.717) is 27.7 Å². The highest BCUT2D eigenvalue weighted by Gasteiger charge is 2.19. The molecule has 0 aliphatic heterocycles. The van der Waals surface area contributed by atoms with Crippen LogP contribution in [-0.2, 0) is 0 Å². The van der Waals surface area contributed by atoms with Crippen LogP contribution >= 0.6 is 24.2 Å². The zero-order valence-electron chi connectivity index (χ0n) is 10.8. The Labute approximate surface area is 127 Å². The lowest BCUT2D eigenvalue weighted by atomic mass is 10.1. The first-order valence-electron chi connectivity index (χ1n) is 6.09. The third kappa shape index (κ3) is 3.14. The topological polar surface area (TPSA) is 20.3 Å². The normalized spacial score (nSPS) is 10.4. The van der Waals surface area contributed by atoms with Crippen LogP contribution in [0.5, 0.6) is 0 Å². The maximum absolute atomic E-state index is 13.0. The van der Waals surface area contributed by atoms with Crippen LogP contribution in [0.15, 0.2) is 47.4 Å². The van der Waals surface area contributed by atoms with Crippen molar-refractivity contribution in [1.82, 2.24) is 0 Å². The predicted molar refractivity (Wildman–Crippen MR) is 82.5 cm³/mol. The lowest BCUT2D eigenvalue weighted by molar-refractivity contribution is 0.0988. The fourth-order valence-corrected chi connectivity index (χ4v) is 2.29. The first-order valence-corrected chi connectivity index (χ1v) is 6.91. The number of hydrogen-bond acceptors (Lipinski definition) is 2. The summed E-state index contributed by atoms with van der Waals surface area (Å²) in [6, 6.07) is 10.8. The third-order valence-corrected chi connectivity index (χ3v) is 3.49. The fourth-order valence-electron chi connectivity index (χ4n) is 1.89. The van der Waals surface area contributed by atoms with Gasteiger partial charge in [0.15, 0.2) is 0 Å². The van der Waals surface area contributed by atoms with Crippen LogP contribution in [0.1, 0.15) is 17.3 Å². The zero-order valence-corrected chi connectivity index (χ0v) is 12.5. The minimum Gasteiger partial charge on any atom is -0.309 e. The van der Waals surface area contributed by atoms with Crippen LogP contribution in [0.3, 0.4) is 0 Å². The Morgan fingerprint density at radius 3 is 2.50 bits per heavy atom. The lowest BCUT2D eigenvalue weighted by Crippen LogP contribution is -2.30. The second-order valence-corrected chi connectivity index (χ2v) is 5.11. The highest BCUT2D eigenvalue weighted by Crippen LogP contribution is 2.24. The van der Waals surface area contributed by atoms with Gasteiger partial charge >= 0.3 is 0 Å². The first-order chi connectivity index (χ1) is 9.52. The second kappa shape index (κ2) is 6.29. The Bertz CT molecular complexity index is 630. The van der Waals surface area contributed by atoms with Gasteiger partial charge < -0.3 is 4.90 Å². The molecule has 0 atom stereocenters. The van der Waals surface area contributed by atoms with E-state index in [4.69, 9.17) is 11.6 Å². The Hall–Kier alpha value is -1.52. The molecule has 2 aromatic rings. The summed E-state index contributed by atoms with van der Waals surface area (Å²) in [5.41, 5.74) is 1.00. The average molecular weight is 310 g/mol. The lowest BCUT2D eigenvalue weighted by Gasteiger charge is -2.21. The quantitative estimate of drug-likeness (QED) is 0.831. The van der Waals surface area contributed by atoms with E-state index in [1.54, 1.807) is 30.3 Å². The third-order valence-electron chi connectivity index (χ3n) is 2.88. The smallest absolute Gasteiger partial charge is 0.259 e. The molecule has 2 rings (SSSR count). The van der Waals surface area contributed by atoms with Crippen LogP contribution in [0, 0.1) is 5.82 Å². The van der Waals surface area contributed by atoms with Crippen LogP contribution < -0.4 is 4.90 Å². The molecule has 0 bridgehead atoms. The number of amides is 1. The monoisotopic (exact) mass is 309 g/mol. The summed E-state index contributed by atoms with van der Waals surface area (Å²) in [5, 5.41) is 0.369. The van der Waals surface area contributed by atoms with Gasteiger partial charge in [-0.1, -0.05) is 11.6 Å². The zero-order chi connectivity index (χ0) is 14.7. The van der Waals surface area contributed by atoms with Gasteiger partial charge in [-0.2, -0.15) is 0 Å². The SMILES string of the molecule is CCN(C(=O)c1cc(S)ccc1Cl)c1ccc(F)cc1. The van der Waals surface area contributed by atoms with E-state index in [2.05, 4.69) is 12.6 Å². The molecule has 0 spiro atoms. The maximum atomic E-state index is 13.0. The Balaban J connectivity index is 2.38. The number of carbonyl (C=O) groups excluding carboxylic acids is 1. The number of thiol groups is 1. The molecule has 0 unspecified atom stereocenters. The van der Waals surface area contributed by atoms with Crippen LogP contribution in [0.4, 0.5) is 10.1 Å². The molecule has 104 valence electrons. The van der Waals surface area contributed by atoms with Crippen molar-refractivity contribution in [3.63, 3.8) is 0 Å². The van der Waals surface area contributed by atoms with E-state index >= 15 is 0 Å². The van der Waals surface area contributed by atoms with Crippen molar-refractivity contribution in [3.8, 4) is 0 Å². The summed E-state index contributed by atoms with van der Waals surface area (Å²) in [6.07, 6.45) is 0. The summed E-state index contributed by atoms with van der Waals surface area (Å²) in [4.78, 5) is 14.7. The summed E-state index contributed by atoms with van der Waals surface area (Å²) < 4.78 is 13.0. The molecule has 0 aliphatic rings. The van der Waals surface area contributed by atoms with E-state index in [9.17, 15) is 9.18 Å². The molecule has 0 heterocycles. The van der Waals surface area contributed by atoms with Gasteiger partial charge in [0.05, 0.1) is 10.6 Å².